The van der Waals surface area contributed by atoms with E-state index in [1.807, 2.05) is 94.7 Å². The normalized spacial score (nSPS) is 14.2. The van der Waals surface area contributed by atoms with Crippen molar-refractivity contribution in [2.24, 2.45) is 0 Å². The van der Waals surface area contributed by atoms with Gasteiger partial charge in [0.05, 0.1) is 11.4 Å². The molecule has 0 atom stereocenters. The number of benzene rings is 10. The Morgan fingerprint density at radius 2 is 0.726 bits per heavy atom. The minimum atomic E-state index is -0.370. The first-order chi connectivity index (χ1) is 30.1. The first-order valence-corrected chi connectivity index (χ1v) is 21.4. The average Bonchev–Trinajstić information content (AvgIpc) is 3.68. The van der Waals surface area contributed by atoms with Crippen molar-refractivity contribution in [1.29, 1.82) is 0 Å². The molecule has 2 nitrogen and oxygen atoms in total. The molecule has 0 unspecified atom stereocenters. The number of para-hydroxylation sites is 4. The molecule has 0 bridgehead atoms. The van der Waals surface area contributed by atoms with Crippen LogP contribution in [0.2, 0.25) is 0 Å². The number of anilines is 6. The average molecular weight is 805 g/mol. The van der Waals surface area contributed by atoms with Crippen LogP contribution in [-0.4, -0.2) is 0 Å². The van der Waals surface area contributed by atoms with Crippen LogP contribution in [-0.2, 0) is 10.8 Å². The highest BCUT2D eigenvalue weighted by atomic mass is 19.1. The van der Waals surface area contributed by atoms with Crippen LogP contribution in [0.3, 0.4) is 0 Å². The van der Waals surface area contributed by atoms with E-state index in [0.717, 1.165) is 22.7 Å². The van der Waals surface area contributed by atoms with E-state index in [0.29, 0.717) is 11.4 Å². The van der Waals surface area contributed by atoms with E-state index in [4.69, 9.17) is 0 Å². The number of nitrogens with zero attached hydrogens (tertiary/aromatic N) is 2. The second-order valence-corrected chi connectivity index (χ2v) is 17.9. The van der Waals surface area contributed by atoms with E-state index in [1.165, 1.54) is 89.0 Å². The minimum Gasteiger partial charge on any atom is -0.308 e. The van der Waals surface area contributed by atoms with Crippen LogP contribution in [0.15, 0.2) is 182 Å². The number of hydrogen-bond acceptors (Lipinski definition) is 2. The molecule has 0 fully saturated rings. The fourth-order valence-corrected chi connectivity index (χ4v) is 11.2. The van der Waals surface area contributed by atoms with Gasteiger partial charge in [-0.15, -0.1) is 0 Å². The molecule has 0 saturated heterocycles. The Morgan fingerprint density at radius 3 is 1.13 bits per heavy atom. The highest BCUT2D eigenvalue weighted by molar-refractivity contribution is 6.33. The van der Waals surface area contributed by atoms with Crippen LogP contribution in [0, 0.1) is 11.6 Å². The number of fused-ring (bicyclic) bond motifs is 10. The molecule has 0 spiro atoms. The van der Waals surface area contributed by atoms with Gasteiger partial charge in [-0.3, -0.25) is 0 Å². The third-order valence-electron chi connectivity index (χ3n) is 13.8. The van der Waals surface area contributed by atoms with Crippen LogP contribution < -0.4 is 9.80 Å². The molecular weight excluding hydrogens is 763 g/mol. The molecule has 2 aliphatic rings. The van der Waals surface area contributed by atoms with Gasteiger partial charge in [0.2, 0.25) is 0 Å². The van der Waals surface area contributed by atoms with Crippen molar-refractivity contribution in [3.8, 4) is 22.3 Å². The van der Waals surface area contributed by atoms with E-state index < -0.39 is 0 Å². The van der Waals surface area contributed by atoms with E-state index in [1.54, 1.807) is 12.1 Å². The van der Waals surface area contributed by atoms with Crippen molar-refractivity contribution in [2.45, 2.75) is 38.5 Å². The molecule has 0 amide bonds. The molecule has 2 aliphatic carbocycles. The molecule has 0 aliphatic heterocycles. The summed E-state index contributed by atoms with van der Waals surface area (Å²) >= 11 is 0. The van der Waals surface area contributed by atoms with E-state index in [9.17, 15) is 0 Å². The van der Waals surface area contributed by atoms with Crippen molar-refractivity contribution in [3.05, 3.63) is 216 Å². The second kappa shape index (κ2) is 13.1. The Hall–Kier alpha value is -7.30. The lowest BCUT2D eigenvalue weighted by molar-refractivity contribution is 0.628. The summed E-state index contributed by atoms with van der Waals surface area (Å²) in [5.41, 5.74) is 14.0. The van der Waals surface area contributed by atoms with Gasteiger partial charge in [-0.05, 0) is 150 Å². The lowest BCUT2D eigenvalue weighted by Crippen LogP contribution is -2.18. The lowest BCUT2D eigenvalue weighted by Gasteiger charge is -2.29. The third-order valence-corrected chi connectivity index (χ3v) is 13.8. The van der Waals surface area contributed by atoms with Gasteiger partial charge in [0.25, 0.3) is 0 Å². The minimum absolute atomic E-state index is 0.269. The maximum atomic E-state index is 15.7. The van der Waals surface area contributed by atoms with Gasteiger partial charge in [-0.1, -0.05) is 137 Å². The predicted molar refractivity (Wildman–Crippen MR) is 255 cm³/mol. The Kier molecular flexibility index (Phi) is 7.72. The molecule has 10 aromatic carbocycles. The van der Waals surface area contributed by atoms with Crippen LogP contribution in [0.5, 0.6) is 0 Å². The first-order valence-electron chi connectivity index (χ1n) is 21.4. The van der Waals surface area contributed by atoms with Crippen molar-refractivity contribution < 1.29 is 8.78 Å². The zero-order valence-electron chi connectivity index (χ0n) is 35.0. The molecule has 0 heterocycles. The summed E-state index contributed by atoms with van der Waals surface area (Å²) in [4.78, 5) is 4.06. The largest absolute Gasteiger partial charge is 0.308 e. The first kappa shape index (κ1) is 36.5. The van der Waals surface area contributed by atoms with Crippen LogP contribution >= 0.6 is 0 Å². The summed E-state index contributed by atoms with van der Waals surface area (Å²) in [6, 6.07) is 61.3. The quantitative estimate of drug-likeness (QED) is 0.155. The summed E-state index contributed by atoms with van der Waals surface area (Å²) in [5, 5.41) is 7.61. The molecule has 298 valence electrons. The summed E-state index contributed by atoms with van der Waals surface area (Å²) in [5.74, 6) is -0.538. The standard InChI is InChI=1S/C58H42F2N2/c1-57(2)45-33-37(61(35-17-7-5-8-18-35)49-27-13-11-25-47(49)59)29-31-39(45)53-41-21-16-24-44-52(41)51-42(22-15-23-43(51)55(53)57)54-40-32-30-38(34-46(40)58(3,4)56(44)54)62(36-19-9-6-10-20-36)50-28-14-12-26-48(50)60/h5-34H,1-4H3. The van der Waals surface area contributed by atoms with Gasteiger partial charge in [-0.2, -0.15) is 0 Å². The zero-order chi connectivity index (χ0) is 42.1. The summed E-state index contributed by atoms with van der Waals surface area (Å²) in [6.07, 6.45) is 0. The molecule has 4 heteroatoms. The monoisotopic (exact) mass is 804 g/mol. The fourth-order valence-electron chi connectivity index (χ4n) is 11.2. The molecule has 0 saturated carbocycles. The SMILES string of the molecule is CC1(C)c2cc(N(c3ccccc3)c3ccccc3F)ccc2-c2c1c1cccc3c4c(c5cccc2c5c31)C(C)(C)c1cc(N(c2ccccc2)c2ccccc2F)ccc1-4. The molecule has 0 radical (unpaired) electrons. The molecule has 0 N–H and O–H groups in total. The van der Waals surface area contributed by atoms with E-state index in [-0.39, 0.29) is 22.5 Å². The lowest BCUT2D eigenvalue weighted by atomic mass is 9.75. The van der Waals surface area contributed by atoms with Gasteiger partial charge in [0.1, 0.15) is 11.6 Å². The molecule has 0 aromatic heterocycles. The molecule has 12 rings (SSSR count). The van der Waals surface area contributed by atoms with Gasteiger partial charge in [-0.25, -0.2) is 8.78 Å². The highest BCUT2D eigenvalue weighted by Gasteiger charge is 2.43. The molecule has 10 aromatic rings. The summed E-state index contributed by atoms with van der Waals surface area (Å²) in [7, 11) is 0. The van der Waals surface area contributed by atoms with Gasteiger partial charge in [0.15, 0.2) is 0 Å². The zero-order valence-corrected chi connectivity index (χ0v) is 35.0. The Morgan fingerprint density at radius 1 is 0.355 bits per heavy atom. The van der Waals surface area contributed by atoms with Crippen LogP contribution in [0.4, 0.5) is 42.9 Å². The Bertz CT molecular complexity index is 3210. The van der Waals surface area contributed by atoms with Crippen LogP contribution in [0.1, 0.15) is 49.9 Å². The predicted octanol–water partition coefficient (Wildman–Crippen LogP) is 16.4. The van der Waals surface area contributed by atoms with E-state index in [2.05, 4.69) is 100 Å². The number of rotatable bonds is 6. The molecular formula is C58H42F2N2. The topological polar surface area (TPSA) is 6.48 Å². The van der Waals surface area contributed by atoms with Crippen molar-refractivity contribution >= 4 is 66.4 Å². The van der Waals surface area contributed by atoms with Gasteiger partial charge < -0.3 is 9.80 Å². The summed E-state index contributed by atoms with van der Waals surface area (Å²) < 4.78 is 31.4. The maximum absolute atomic E-state index is 15.7. The summed E-state index contributed by atoms with van der Waals surface area (Å²) in [6.45, 7) is 9.39. The number of hydrogen-bond donors (Lipinski definition) is 0. The maximum Gasteiger partial charge on any atom is 0.147 e. The second-order valence-electron chi connectivity index (χ2n) is 17.9. The van der Waals surface area contributed by atoms with Gasteiger partial charge in [0, 0.05) is 33.6 Å². The molecule has 62 heavy (non-hydrogen) atoms. The number of halogens is 2. The van der Waals surface area contributed by atoms with E-state index >= 15 is 8.78 Å². The van der Waals surface area contributed by atoms with Crippen molar-refractivity contribution in [2.75, 3.05) is 9.80 Å². The highest BCUT2D eigenvalue weighted by Crippen LogP contribution is 2.61. The van der Waals surface area contributed by atoms with Crippen LogP contribution in [0.25, 0.3) is 54.6 Å². The van der Waals surface area contributed by atoms with Crippen molar-refractivity contribution in [1.82, 2.24) is 0 Å². The third kappa shape index (κ3) is 4.95. The van der Waals surface area contributed by atoms with Crippen molar-refractivity contribution in [3.63, 3.8) is 0 Å². The smallest absolute Gasteiger partial charge is 0.147 e. The Labute approximate surface area is 360 Å². The fraction of sp³-hybridized carbons (Fsp3) is 0.103. The Balaban J connectivity index is 1.08. The van der Waals surface area contributed by atoms with Gasteiger partial charge >= 0.3 is 0 Å².